The van der Waals surface area contributed by atoms with E-state index in [1.54, 1.807) is 18.6 Å². The van der Waals surface area contributed by atoms with Gasteiger partial charge in [0.25, 0.3) is 0 Å². The van der Waals surface area contributed by atoms with Gasteiger partial charge in [0.15, 0.2) is 5.65 Å². The number of pyridine rings is 2. The normalized spacial score (nSPS) is 14.8. The molecular weight excluding hydrogens is 398 g/mol. The average Bonchev–Trinajstić information content (AvgIpc) is 3.41. The number of hydrogen-bond acceptors (Lipinski definition) is 5. The van der Waals surface area contributed by atoms with Gasteiger partial charge in [0.05, 0.1) is 17.1 Å². The molecule has 4 aromatic rings. The Kier molecular flexibility index (Phi) is 5.23. The maximum Gasteiger partial charge on any atom is 0.181 e. The lowest BCUT2D eigenvalue weighted by molar-refractivity contribution is 0.326. The van der Waals surface area contributed by atoms with Gasteiger partial charge >= 0.3 is 0 Å². The summed E-state index contributed by atoms with van der Waals surface area (Å²) in [5.74, 6) is 0. The number of allylic oxidation sites excluding steroid dienone is 2. The molecule has 162 valence electrons. The predicted octanol–water partition coefficient (Wildman–Crippen LogP) is 4.92. The number of H-pyrrole nitrogens is 2. The molecule has 0 spiro atoms. The van der Waals surface area contributed by atoms with Gasteiger partial charge in [0, 0.05) is 65.1 Å². The van der Waals surface area contributed by atoms with Crippen LogP contribution in [0.3, 0.4) is 0 Å². The molecule has 0 aromatic carbocycles. The number of nitrogens with zero attached hydrogens (tertiary/aromatic N) is 4. The molecule has 4 aromatic heterocycles. The van der Waals surface area contributed by atoms with Gasteiger partial charge in [0.2, 0.25) is 0 Å². The highest BCUT2D eigenvalue weighted by Crippen LogP contribution is 2.33. The largest absolute Gasteiger partial charge is 0.397 e. The van der Waals surface area contributed by atoms with Crippen LogP contribution in [0.15, 0.2) is 55.5 Å². The van der Waals surface area contributed by atoms with Gasteiger partial charge < -0.3 is 15.6 Å². The van der Waals surface area contributed by atoms with E-state index in [-0.39, 0.29) is 0 Å². The fourth-order valence-electron chi connectivity index (χ4n) is 4.45. The molecule has 5 rings (SSSR count). The Labute approximate surface area is 187 Å². The van der Waals surface area contributed by atoms with Crippen molar-refractivity contribution in [3.05, 3.63) is 66.8 Å². The zero-order valence-corrected chi connectivity index (χ0v) is 18.2. The molecule has 0 amide bonds. The maximum absolute atomic E-state index is 5.92. The smallest absolute Gasteiger partial charge is 0.181 e. The molecule has 0 atom stereocenters. The van der Waals surface area contributed by atoms with Crippen LogP contribution in [0.4, 0.5) is 5.69 Å². The molecular formula is C25H27N7. The molecule has 7 heteroatoms. The fraction of sp³-hybridized carbons (Fsp3) is 0.240. The van der Waals surface area contributed by atoms with E-state index in [1.807, 2.05) is 12.1 Å². The number of likely N-dealkylation sites (tertiary alicyclic amines) is 1. The molecule has 1 saturated heterocycles. The van der Waals surface area contributed by atoms with Crippen molar-refractivity contribution in [3.8, 4) is 22.5 Å². The van der Waals surface area contributed by atoms with Gasteiger partial charge in [-0.3, -0.25) is 10.1 Å². The Hall–Kier alpha value is -3.87. The highest BCUT2D eigenvalue weighted by molar-refractivity contribution is 5.93. The van der Waals surface area contributed by atoms with Crippen LogP contribution in [0, 0.1) is 6.92 Å². The Morgan fingerprint density at radius 1 is 1.09 bits per heavy atom. The van der Waals surface area contributed by atoms with Gasteiger partial charge in [-0.25, -0.2) is 4.98 Å². The standard InChI is InChI=1S/C25H27N7/c1-3-7-23(32-8-5-4-6-9-32)20-12-22(29-16(20)2)24-21-11-18(14-28-25(21)31-30-24)17-10-19(26)15-27-13-17/h3,7,10-15,29H,1,4-6,8-9,26H2,2H3,(H,28,30,31)/b23-7+. The van der Waals surface area contributed by atoms with Crippen molar-refractivity contribution in [2.24, 2.45) is 0 Å². The molecule has 0 radical (unpaired) electrons. The molecule has 1 aliphatic rings. The van der Waals surface area contributed by atoms with E-state index >= 15 is 0 Å². The van der Waals surface area contributed by atoms with Crippen molar-refractivity contribution in [1.29, 1.82) is 0 Å². The van der Waals surface area contributed by atoms with Crippen molar-refractivity contribution in [1.82, 2.24) is 30.0 Å². The monoisotopic (exact) mass is 425 g/mol. The van der Waals surface area contributed by atoms with Crippen LogP contribution in [0.2, 0.25) is 0 Å². The van der Waals surface area contributed by atoms with Gasteiger partial charge in [-0.2, -0.15) is 5.10 Å². The molecule has 4 N–H and O–H groups in total. The number of aromatic amines is 2. The number of aryl methyl sites for hydroxylation is 1. The summed E-state index contributed by atoms with van der Waals surface area (Å²) >= 11 is 0. The maximum atomic E-state index is 5.92. The number of rotatable bonds is 5. The summed E-state index contributed by atoms with van der Waals surface area (Å²) < 4.78 is 0. The lowest BCUT2D eigenvalue weighted by Crippen LogP contribution is -2.28. The van der Waals surface area contributed by atoms with Crippen LogP contribution < -0.4 is 5.73 Å². The first-order valence-corrected chi connectivity index (χ1v) is 11.0. The summed E-state index contributed by atoms with van der Waals surface area (Å²) in [6, 6.07) is 6.18. The van der Waals surface area contributed by atoms with E-state index in [9.17, 15) is 0 Å². The van der Waals surface area contributed by atoms with Gasteiger partial charge in [-0.05, 0) is 50.5 Å². The third kappa shape index (κ3) is 3.66. The first-order valence-electron chi connectivity index (χ1n) is 11.0. The minimum atomic E-state index is 0.624. The fourth-order valence-corrected chi connectivity index (χ4v) is 4.45. The number of nitrogens with one attached hydrogen (secondary N) is 2. The molecule has 0 aliphatic carbocycles. The number of fused-ring (bicyclic) bond motifs is 1. The second-order valence-corrected chi connectivity index (χ2v) is 8.26. The number of anilines is 1. The number of hydrogen-bond donors (Lipinski definition) is 3. The minimum absolute atomic E-state index is 0.624. The molecule has 5 heterocycles. The molecule has 1 aliphatic heterocycles. The summed E-state index contributed by atoms with van der Waals surface area (Å²) in [6.07, 6.45) is 13.0. The van der Waals surface area contributed by atoms with Crippen molar-refractivity contribution in [2.75, 3.05) is 18.8 Å². The van der Waals surface area contributed by atoms with E-state index in [1.165, 1.54) is 30.5 Å². The Morgan fingerprint density at radius 3 is 2.69 bits per heavy atom. The first-order chi connectivity index (χ1) is 15.6. The number of nitrogens with two attached hydrogens (primary N) is 1. The first kappa shape index (κ1) is 20.1. The Morgan fingerprint density at radius 2 is 1.91 bits per heavy atom. The topological polar surface area (TPSA) is 99.5 Å². The van der Waals surface area contributed by atoms with E-state index in [2.05, 4.69) is 61.8 Å². The van der Waals surface area contributed by atoms with Gasteiger partial charge in [0.1, 0.15) is 0 Å². The predicted molar refractivity (Wildman–Crippen MR) is 130 cm³/mol. The summed E-state index contributed by atoms with van der Waals surface area (Å²) in [5, 5.41) is 8.54. The van der Waals surface area contributed by atoms with Crippen LogP contribution >= 0.6 is 0 Å². The minimum Gasteiger partial charge on any atom is -0.397 e. The second-order valence-electron chi connectivity index (χ2n) is 8.26. The van der Waals surface area contributed by atoms with E-state index in [4.69, 9.17) is 5.73 Å². The van der Waals surface area contributed by atoms with E-state index < -0.39 is 0 Å². The Bertz CT molecular complexity index is 1310. The molecule has 0 bridgehead atoms. The van der Waals surface area contributed by atoms with Crippen LogP contribution in [-0.2, 0) is 0 Å². The number of nitrogen functional groups attached to an aromatic ring is 1. The summed E-state index contributed by atoms with van der Waals surface area (Å²) in [5.41, 5.74) is 14.5. The molecule has 0 unspecified atom stereocenters. The zero-order valence-electron chi connectivity index (χ0n) is 18.2. The van der Waals surface area contributed by atoms with Crippen LogP contribution in [0.5, 0.6) is 0 Å². The number of aromatic nitrogens is 5. The van der Waals surface area contributed by atoms with Crippen molar-refractivity contribution < 1.29 is 0 Å². The van der Waals surface area contributed by atoms with Crippen LogP contribution in [0.1, 0.15) is 30.5 Å². The lowest BCUT2D eigenvalue weighted by Gasteiger charge is -2.31. The molecule has 1 fully saturated rings. The van der Waals surface area contributed by atoms with Gasteiger partial charge in [-0.15, -0.1) is 0 Å². The highest BCUT2D eigenvalue weighted by atomic mass is 15.2. The summed E-state index contributed by atoms with van der Waals surface area (Å²) in [7, 11) is 0. The van der Waals surface area contributed by atoms with Crippen molar-refractivity contribution in [3.63, 3.8) is 0 Å². The SMILES string of the molecule is C=C/C=C(\c1cc(-c2[nH]nc3ncc(-c4cncc(N)c4)cc23)[nH]c1C)N1CCCCC1. The summed E-state index contributed by atoms with van der Waals surface area (Å²) in [6.45, 7) is 8.21. The quantitative estimate of drug-likeness (QED) is 0.394. The number of piperidine rings is 1. The average molecular weight is 426 g/mol. The van der Waals surface area contributed by atoms with Crippen molar-refractivity contribution in [2.45, 2.75) is 26.2 Å². The molecule has 0 saturated carbocycles. The zero-order chi connectivity index (χ0) is 22.1. The highest BCUT2D eigenvalue weighted by Gasteiger charge is 2.20. The Balaban J connectivity index is 1.56. The second kappa shape index (κ2) is 8.34. The van der Waals surface area contributed by atoms with E-state index in [0.717, 1.165) is 46.7 Å². The van der Waals surface area contributed by atoms with Crippen LogP contribution in [0.25, 0.3) is 39.2 Å². The third-order valence-corrected chi connectivity index (χ3v) is 6.03. The van der Waals surface area contributed by atoms with Gasteiger partial charge in [-0.1, -0.05) is 12.7 Å². The third-order valence-electron chi connectivity index (χ3n) is 6.03. The summed E-state index contributed by atoms with van der Waals surface area (Å²) in [4.78, 5) is 14.8. The van der Waals surface area contributed by atoms with Crippen LogP contribution in [-0.4, -0.2) is 43.1 Å². The van der Waals surface area contributed by atoms with E-state index in [0.29, 0.717) is 11.3 Å². The van der Waals surface area contributed by atoms with Crippen molar-refractivity contribution >= 4 is 22.4 Å². The molecule has 32 heavy (non-hydrogen) atoms. The molecule has 7 nitrogen and oxygen atoms in total. The lowest BCUT2D eigenvalue weighted by atomic mass is 10.0.